The lowest BCUT2D eigenvalue weighted by Gasteiger charge is -2.34. The number of hydrogen-bond donors (Lipinski definition) is 1. The average Bonchev–Trinajstić information content (AvgIpc) is 2.52. The predicted molar refractivity (Wildman–Crippen MR) is 95.0 cm³/mol. The van der Waals surface area contributed by atoms with Gasteiger partial charge in [-0.25, -0.2) is 13.2 Å². The molecule has 24 heavy (non-hydrogen) atoms. The molecule has 134 valence electrons. The Labute approximate surface area is 152 Å². The highest BCUT2D eigenvalue weighted by atomic mass is 35.5. The number of urea groups is 1. The van der Waals surface area contributed by atoms with Crippen LogP contribution >= 0.6 is 23.2 Å². The molecule has 0 saturated carbocycles. The predicted octanol–water partition coefficient (Wildman–Crippen LogP) is 2.67. The van der Waals surface area contributed by atoms with Gasteiger partial charge in [0.15, 0.2) is 0 Å². The molecule has 1 aromatic carbocycles. The number of sulfonamides is 1. The summed E-state index contributed by atoms with van der Waals surface area (Å²) in [5, 5.41) is 3.03. The van der Waals surface area contributed by atoms with Gasteiger partial charge in [0.25, 0.3) is 0 Å². The Balaban J connectivity index is 2.05. The lowest BCUT2D eigenvalue weighted by atomic mass is 10.2. The number of benzene rings is 1. The normalized spacial score (nSPS) is 16.5. The van der Waals surface area contributed by atoms with E-state index in [2.05, 4.69) is 5.32 Å². The highest BCUT2D eigenvalue weighted by Crippen LogP contribution is 2.31. The van der Waals surface area contributed by atoms with Crippen molar-refractivity contribution in [2.45, 2.75) is 18.7 Å². The van der Waals surface area contributed by atoms with Crippen LogP contribution in [0, 0.1) is 5.92 Å². The molecule has 0 bridgehead atoms. The van der Waals surface area contributed by atoms with Crippen LogP contribution in [0.4, 0.5) is 4.79 Å². The molecule has 1 aromatic rings. The first-order chi connectivity index (χ1) is 11.2. The monoisotopic (exact) mass is 393 g/mol. The first-order valence-electron chi connectivity index (χ1n) is 7.70. The molecule has 0 aliphatic carbocycles. The highest BCUT2D eigenvalue weighted by Gasteiger charge is 2.32. The summed E-state index contributed by atoms with van der Waals surface area (Å²) in [6, 6.07) is 4.42. The minimum Gasteiger partial charge on any atom is -0.338 e. The van der Waals surface area contributed by atoms with Crippen LogP contribution in [-0.4, -0.2) is 56.4 Å². The van der Waals surface area contributed by atoms with Crippen molar-refractivity contribution in [3.63, 3.8) is 0 Å². The van der Waals surface area contributed by atoms with Gasteiger partial charge in [0, 0.05) is 32.7 Å². The molecule has 2 rings (SSSR count). The summed E-state index contributed by atoms with van der Waals surface area (Å²) in [6.45, 7) is 5.68. The molecular formula is C15H21Cl2N3O3S. The number of carbonyl (C=O) groups is 1. The summed E-state index contributed by atoms with van der Waals surface area (Å²) in [4.78, 5) is 13.6. The second kappa shape index (κ2) is 7.91. The van der Waals surface area contributed by atoms with E-state index in [1.165, 1.54) is 16.4 Å². The standard InChI is InChI=1S/C15H21Cl2N3O3S/c1-11(2)10-18-15(21)19-6-8-20(9-7-19)24(22,23)14-12(16)4-3-5-13(14)17/h3-5,11H,6-10H2,1-2H3,(H,18,21). The molecule has 9 heteroatoms. The smallest absolute Gasteiger partial charge is 0.317 e. The third-order valence-electron chi connectivity index (χ3n) is 3.70. The van der Waals surface area contributed by atoms with E-state index in [9.17, 15) is 13.2 Å². The van der Waals surface area contributed by atoms with Crippen LogP contribution in [0.1, 0.15) is 13.8 Å². The first-order valence-corrected chi connectivity index (χ1v) is 9.90. The molecule has 1 aliphatic heterocycles. The van der Waals surface area contributed by atoms with Crippen LogP contribution in [0.3, 0.4) is 0 Å². The van der Waals surface area contributed by atoms with Gasteiger partial charge in [-0.05, 0) is 18.1 Å². The van der Waals surface area contributed by atoms with E-state index < -0.39 is 10.0 Å². The number of halogens is 2. The third kappa shape index (κ3) is 4.33. The number of nitrogens with zero attached hydrogens (tertiary/aromatic N) is 2. The van der Waals surface area contributed by atoms with Crippen molar-refractivity contribution in [1.82, 2.24) is 14.5 Å². The van der Waals surface area contributed by atoms with Crippen molar-refractivity contribution in [3.05, 3.63) is 28.2 Å². The third-order valence-corrected chi connectivity index (χ3v) is 6.56. The Morgan fingerprint density at radius 3 is 2.21 bits per heavy atom. The van der Waals surface area contributed by atoms with Crippen LogP contribution in [0.5, 0.6) is 0 Å². The van der Waals surface area contributed by atoms with E-state index in [-0.39, 0.29) is 34.1 Å². The van der Waals surface area contributed by atoms with Gasteiger partial charge in [0.05, 0.1) is 10.0 Å². The molecule has 6 nitrogen and oxygen atoms in total. The highest BCUT2D eigenvalue weighted by molar-refractivity contribution is 7.89. The minimum atomic E-state index is -3.79. The van der Waals surface area contributed by atoms with E-state index in [4.69, 9.17) is 23.2 Å². The van der Waals surface area contributed by atoms with Gasteiger partial charge >= 0.3 is 6.03 Å². The van der Waals surface area contributed by atoms with Crippen molar-refractivity contribution in [1.29, 1.82) is 0 Å². The van der Waals surface area contributed by atoms with Gasteiger partial charge in [0.1, 0.15) is 4.90 Å². The first kappa shape index (κ1) is 19.3. The molecule has 1 aliphatic rings. The molecule has 2 amide bonds. The fourth-order valence-electron chi connectivity index (χ4n) is 2.39. The molecular weight excluding hydrogens is 373 g/mol. The average molecular weight is 394 g/mol. The minimum absolute atomic E-state index is 0.0777. The summed E-state index contributed by atoms with van der Waals surface area (Å²) in [5.74, 6) is 0.359. The largest absolute Gasteiger partial charge is 0.338 e. The van der Waals surface area contributed by atoms with Crippen molar-refractivity contribution in [2.24, 2.45) is 5.92 Å². The number of hydrogen-bond acceptors (Lipinski definition) is 3. The lowest BCUT2D eigenvalue weighted by molar-refractivity contribution is 0.171. The van der Waals surface area contributed by atoms with E-state index in [0.717, 1.165) is 0 Å². The van der Waals surface area contributed by atoms with Gasteiger partial charge in [-0.3, -0.25) is 0 Å². The molecule has 1 fully saturated rings. The molecule has 1 heterocycles. The second-order valence-electron chi connectivity index (χ2n) is 6.02. The van der Waals surface area contributed by atoms with Crippen LogP contribution in [-0.2, 0) is 10.0 Å². The van der Waals surface area contributed by atoms with Crippen molar-refractivity contribution in [2.75, 3.05) is 32.7 Å². The maximum Gasteiger partial charge on any atom is 0.317 e. The van der Waals surface area contributed by atoms with Crippen molar-refractivity contribution < 1.29 is 13.2 Å². The van der Waals surface area contributed by atoms with Gasteiger partial charge in [-0.2, -0.15) is 4.31 Å². The quantitative estimate of drug-likeness (QED) is 0.854. The zero-order valence-electron chi connectivity index (χ0n) is 13.6. The Hall–Kier alpha value is -1.02. The SMILES string of the molecule is CC(C)CNC(=O)N1CCN(S(=O)(=O)c2c(Cl)cccc2Cl)CC1. The maximum absolute atomic E-state index is 12.8. The number of carbonyl (C=O) groups excluding carboxylic acids is 1. The van der Waals surface area contributed by atoms with E-state index in [0.29, 0.717) is 25.6 Å². The number of amides is 2. The summed E-state index contributed by atoms with van der Waals surface area (Å²) in [5.41, 5.74) is 0. The topological polar surface area (TPSA) is 69.7 Å². The molecule has 0 radical (unpaired) electrons. The molecule has 0 spiro atoms. The van der Waals surface area contributed by atoms with E-state index >= 15 is 0 Å². The Morgan fingerprint density at radius 2 is 1.71 bits per heavy atom. The summed E-state index contributed by atoms with van der Waals surface area (Å²) >= 11 is 12.0. The summed E-state index contributed by atoms with van der Waals surface area (Å²) in [7, 11) is -3.79. The molecule has 0 aromatic heterocycles. The van der Waals surface area contributed by atoms with Gasteiger partial charge in [-0.1, -0.05) is 43.1 Å². The fourth-order valence-corrected chi connectivity index (χ4v) is 4.91. The number of piperazine rings is 1. The van der Waals surface area contributed by atoms with Crippen LogP contribution in [0.25, 0.3) is 0 Å². The van der Waals surface area contributed by atoms with E-state index in [1.54, 1.807) is 11.0 Å². The molecule has 0 unspecified atom stereocenters. The lowest BCUT2D eigenvalue weighted by Crippen LogP contribution is -2.53. The number of nitrogens with one attached hydrogen (secondary N) is 1. The van der Waals surface area contributed by atoms with Crippen molar-refractivity contribution in [3.8, 4) is 0 Å². The van der Waals surface area contributed by atoms with E-state index in [1.807, 2.05) is 13.8 Å². The zero-order chi connectivity index (χ0) is 17.9. The van der Waals surface area contributed by atoms with Crippen LogP contribution < -0.4 is 5.32 Å². The van der Waals surface area contributed by atoms with Crippen LogP contribution in [0.15, 0.2) is 23.1 Å². The van der Waals surface area contributed by atoms with Crippen molar-refractivity contribution >= 4 is 39.3 Å². The van der Waals surface area contributed by atoms with Gasteiger partial charge in [0.2, 0.25) is 10.0 Å². The van der Waals surface area contributed by atoms with Crippen LogP contribution in [0.2, 0.25) is 10.0 Å². The Morgan fingerprint density at radius 1 is 1.17 bits per heavy atom. The van der Waals surface area contributed by atoms with Gasteiger partial charge in [-0.15, -0.1) is 0 Å². The number of rotatable bonds is 4. The summed E-state index contributed by atoms with van der Waals surface area (Å²) < 4.78 is 26.8. The van der Waals surface area contributed by atoms with Gasteiger partial charge < -0.3 is 10.2 Å². The molecule has 1 N–H and O–H groups in total. The fraction of sp³-hybridized carbons (Fsp3) is 0.533. The summed E-state index contributed by atoms with van der Waals surface area (Å²) in [6.07, 6.45) is 0. The molecule has 1 saturated heterocycles. The Bertz CT molecular complexity index is 682. The zero-order valence-corrected chi connectivity index (χ0v) is 16.0. The second-order valence-corrected chi connectivity index (χ2v) is 8.71. The molecule has 0 atom stereocenters. The maximum atomic E-state index is 12.8. The Kier molecular flexibility index (Phi) is 6.36.